The molecule has 0 saturated heterocycles. The Labute approximate surface area is 158 Å². The minimum absolute atomic E-state index is 0.566. The lowest BCUT2D eigenvalue weighted by atomic mass is 10.0. The Hall–Kier alpha value is -3.21. The molecule has 134 valence electrons. The van der Waals surface area contributed by atoms with Crippen LogP contribution in [0.2, 0.25) is 0 Å². The Kier molecular flexibility index (Phi) is 3.85. The molecule has 1 aromatic carbocycles. The van der Waals surface area contributed by atoms with Gasteiger partial charge in [0.05, 0.1) is 0 Å². The van der Waals surface area contributed by atoms with Crippen molar-refractivity contribution in [3.63, 3.8) is 0 Å². The van der Waals surface area contributed by atoms with Gasteiger partial charge in [0.25, 0.3) is 0 Å². The smallest absolute Gasteiger partial charge is 0.164 e. The second kappa shape index (κ2) is 6.50. The summed E-state index contributed by atoms with van der Waals surface area (Å²) < 4.78 is 2.21. The second-order valence-corrected chi connectivity index (χ2v) is 7.17. The molecule has 1 aliphatic carbocycles. The van der Waals surface area contributed by atoms with Crippen LogP contribution in [0.15, 0.2) is 73.0 Å². The number of nitrogens with zero attached hydrogens (tertiary/aromatic N) is 5. The van der Waals surface area contributed by atoms with Crippen LogP contribution in [0.3, 0.4) is 0 Å². The maximum absolute atomic E-state index is 4.38. The van der Waals surface area contributed by atoms with Gasteiger partial charge in [-0.15, -0.1) is 10.2 Å². The van der Waals surface area contributed by atoms with Crippen molar-refractivity contribution < 1.29 is 0 Å². The Morgan fingerprint density at radius 2 is 1.85 bits per heavy atom. The summed E-state index contributed by atoms with van der Waals surface area (Å²) in [7, 11) is 0. The Morgan fingerprint density at radius 1 is 1.00 bits per heavy atom. The molecular formula is C22H21N5. The number of pyridine rings is 1. The number of aromatic nitrogens is 4. The van der Waals surface area contributed by atoms with E-state index in [2.05, 4.69) is 80.1 Å². The van der Waals surface area contributed by atoms with Crippen LogP contribution < -0.4 is 4.90 Å². The summed E-state index contributed by atoms with van der Waals surface area (Å²) in [6.07, 6.45) is 12.4. The van der Waals surface area contributed by atoms with E-state index in [0.717, 1.165) is 17.9 Å². The van der Waals surface area contributed by atoms with Gasteiger partial charge in [-0.2, -0.15) is 0 Å². The van der Waals surface area contributed by atoms with Gasteiger partial charge in [0, 0.05) is 41.9 Å². The van der Waals surface area contributed by atoms with Gasteiger partial charge in [-0.1, -0.05) is 18.2 Å². The number of hydrogen-bond donors (Lipinski definition) is 0. The largest absolute Gasteiger partial charge is 0.341 e. The summed E-state index contributed by atoms with van der Waals surface area (Å²) in [5.74, 6) is 0.961. The van der Waals surface area contributed by atoms with Gasteiger partial charge in [0.15, 0.2) is 5.82 Å². The van der Waals surface area contributed by atoms with E-state index in [1.165, 1.54) is 35.4 Å². The fraction of sp³-hybridized carbons (Fsp3) is 0.227. The summed E-state index contributed by atoms with van der Waals surface area (Å²) in [5.41, 5.74) is 6.02. The first-order valence-corrected chi connectivity index (χ1v) is 9.35. The molecule has 1 saturated carbocycles. The summed E-state index contributed by atoms with van der Waals surface area (Å²) >= 11 is 0. The van der Waals surface area contributed by atoms with Gasteiger partial charge in [0.2, 0.25) is 0 Å². The summed E-state index contributed by atoms with van der Waals surface area (Å²) in [6, 6.07) is 13.3. The third-order valence-corrected chi connectivity index (χ3v) is 5.26. The van der Waals surface area contributed by atoms with Crippen molar-refractivity contribution in [2.75, 3.05) is 11.4 Å². The Morgan fingerprint density at radius 3 is 2.67 bits per heavy atom. The predicted molar refractivity (Wildman–Crippen MR) is 107 cm³/mol. The molecule has 3 aromatic rings. The molecule has 1 fully saturated rings. The molecule has 0 bridgehead atoms. The van der Waals surface area contributed by atoms with E-state index in [9.17, 15) is 0 Å². The van der Waals surface area contributed by atoms with Crippen LogP contribution >= 0.6 is 0 Å². The van der Waals surface area contributed by atoms with Crippen LogP contribution in [0.25, 0.3) is 17.0 Å². The van der Waals surface area contributed by atoms with Crippen molar-refractivity contribution in [2.24, 2.45) is 0 Å². The van der Waals surface area contributed by atoms with E-state index >= 15 is 0 Å². The van der Waals surface area contributed by atoms with Gasteiger partial charge >= 0.3 is 0 Å². The molecule has 2 aromatic heterocycles. The molecule has 0 spiro atoms. The van der Waals surface area contributed by atoms with E-state index < -0.39 is 0 Å². The highest BCUT2D eigenvalue weighted by atomic mass is 15.3. The molecule has 3 heterocycles. The third kappa shape index (κ3) is 3.05. The zero-order valence-corrected chi connectivity index (χ0v) is 15.3. The van der Waals surface area contributed by atoms with Crippen molar-refractivity contribution in [1.29, 1.82) is 0 Å². The highest BCUT2D eigenvalue weighted by Crippen LogP contribution is 2.38. The SMILES string of the molecule is CC1=CC=C(c2ccncc2)CN1c1cccc(-c2nncn2C2CC2)c1. The van der Waals surface area contributed by atoms with Crippen LogP contribution in [-0.4, -0.2) is 26.3 Å². The Balaban J connectivity index is 1.47. The number of hydrogen-bond acceptors (Lipinski definition) is 4. The number of anilines is 1. The van der Waals surface area contributed by atoms with E-state index in [-0.39, 0.29) is 0 Å². The van der Waals surface area contributed by atoms with E-state index in [1.54, 1.807) is 0 Å². The highest BCUT2D eigenvalue weighted by Gasteiger charge is 2.26. The standard InChI is InChI=1S/C22H21N5/c1-16-5-6-19(17-9-11-23-12-10-17)14-26(16)21-4-2-3-18(13-21)22-25-24-15-27(22)20-7-8-20/h2-6,9-13,15,20H,7-8,14H2,1H3. The topological polar surface area (TPSA) is 46.8 Å². The Bertz CT molecular complexity index is 1030. The fourth-order valence-corrected chi connectivity index (χ4v) is 3.59. The predicted octanol–water partition coefficient (Wildman–Crippen LogP) is 4.48. The summed E-state index contributed by atoms with van der Waals surface area (Å²) in [4.78, 5) is 6.47. The zero-order valence-electron chi connectivity index (χ0n) is 15.3. The van der Waals surface area contributed by atoms with Crippen molar-refractivity contribution in [3.8, 4) is 11.4 Å². The first kappa shape index (κ1) is 16.0. The van der Waals surface area contributed by atoms with Crippen LogP contribution in [0.4, 0.5) is 5.69 Å². The van der Waals surface area contributed by atoms with Crippen molar-refractivity contribution in [1.82, 2.24) is 19.7 Å². The lowest BCUT2D eigenvalue weighted by Gasteiger charge is -2.30. The molecule has 27 heavy (non-hydrogen) atoms. The summed E-state index contributed by atoms with van der Waals surface area (Å²) in [5, 5.41) is 8.52. The number of rotatable bonds is 4. The van der Waals surface area contributed by atoms with Crippen molar-refractivity contribution >= 4 is 11.3 Å². The maximum atomic E-state index is 4.38. The molecule has 2 aliphatic rings. The van der Waals surface area contributed by atoms with Crippen LogP contribution in [0.1, 0.15) is 31.4 Å². The maximum Gasteiger partial charge on any atom is 0.164 e. The van der Waals surface area contributed by atoms with Gasteiger partial charge in [-0.05, 0) is 61.2 Å². The van der Waals surface area contributed by atoms with E-state index in [4.69, 9.17) is 0 Å². The van der Waals surface area contributed by atoms with Crippen LogP contribution in [-0.2, 0) is 0 Å². The minimum Gasteiger partial charge on any atom is -0.341 e. The first-order valence-electron chi connectivity index (χ1n) is 9.35. The molecule has 0 amide bonds. The molecule has 5 heteroatoms. The van der Waals surface area contributed by atoms with Gasteiger partial charge in [-0.3, -0.25) is 4.98 Å². The van der Waals surface area contributed by atoms with Crippen LogP contribution in [0.5, 0.6) is 0 Å². The molecular weight excluding hydrogens is 334 g/mol. The average molecular weight is 355 g/mol. The first-order chi connectivity index (χ1) is 13.3. The lowest BCUT2D eigenvalue weighted by Crippen LogP contribution is -2.25. The van der Waals surface area contributed by atoms with Gasteiger partial charge in [0.1, 0.15) is 6.33 Å². The zero-order chi connectivity index (χ0) is 18.2. The molecule has 0 atom stereocenters. The number of allylic oxidation sites excluding steroid dienone is 3. The van der Waals surface area contributed by atoms with E-state index in [1.807, 2.05) is 18.7 Å². The van der Waals surface area contributed by atoms with E-state index in [0.29, 0.717) is 6.04 Å². The quantitative estimate of drug-likeness (QED) is 0.692. The molecule has 0 N–H and O–H groups in total. The van der Waals surface area contributed by atoms with Crippen LogP contribution in [0, 0.1) is 0 Å². The van der Waals surface area contributed by atoms with Gasteiger partial charge in [-0.25, -0.2) is 0 Å². The molecule has 0 radical (unpaired) electrons. The fourth-order valence-electron chi connectivity index (χ4n) is 3.59. The van der Waals surface area contributed by atoms with Crippen molar-refractivity contribution in [2.45, 2.75) is 25.8 Å². The third-order valence-electron chi connectivity index (χ3n) is 5.26. The molecule has 0 unspecified atom stereocenters. The molecule has 5 nitrogen and oxygen atoms in total. The monoisotopic (exact) mass is 355 g/mol. The highest BCUT2D eigenvalue weighted by molar-refractivity contribution is 5.76. The second-order valence-electron chi connectivity index (χ2n) is 7.17. The number of benzene rings is 1. The summed E-state index contributed by atoms with van der Waals surface area (Å²) in [6.45, 7) is 2.99. The molecule has 5 rings (SSSR count). The van der Waals surface area contributed by atoms with Gasteiger partial charge < -0.3 is 9.47 Å². The minimum atomic E-state index is 0.566. The normalized spacial score (nSPS) is 16.9. The molecule has 1 aliphatic heterocycles. The average Bonchev–Trinajstić information content (AvgIpc) is 3.45. The lowest BCUT2D eigenvalue weighted by molar-refractivity contribution is 0.746. The van der Waals surface area contributed by atoms with Crippen molar-refractivity contribution in [3.05, 3.63) is 78.5 Å².